The molecule has 5 heteroatoms. The lowest BCUT2D eigenvalue weighted by Gasteiger charge is -2.12. The van der Waals surface area contributed by atoms with Crippen molar-refractivity contribution in [2.45, 2.75) is 33.7 Å². The zero-order valence-corrected chi connectivity index (χ0v) is 15.2. The summed E-state index contributed by atoms with van der Waals surface area (Å²) < 4.78 is 0. The SMILES string of the molecule is CN=C(NCCC(C)C)NCc1sc(-c2ccccc2)nc1C. The van der Waals surface area contributed by atoms with Gasteiger partial charge in [0.05, 0.1) is 12.2 Å². The largest absolute Gasteiger partial charge is 0.356 e. The normalized spacial score (nSPS) is 11.8. The maximum Gasteiger partial charge on any atom is 0.191 e. The molecule has 0 aliphatic rings. The fourth-order valence-electron chi connectivity index (χ4n) is 2.16. The number of nitrogens with one attached hydrogen (secondary N) is 2. The Morgan fingerprint density at radius 1 is 1.22 bits per heavy atom. The molecular formula is C18H26N4S. The number of guanidine groups is 1. The number of aromatic nitrogens is 1. The van der Waals surface area contributed by atoms with Crippen LogP contribution >= 0.6 is 11.3 Å². The van der Waals surface area contributed by atoms with Crippen LogP contribution in [-0.4, -0.2) is 24.5 Å². The third kappa shape index (κ3) is 5.36. The third-order valence-electron chi connectivity index (χ3n) is 3.57. The molecule has 0 fully saturated rings. The van der Waals surface area contributed by atoms with Gasteiger partial charge in [-0.2, -0.15) is 0 Å². The molecule has 0 saturated carbocycles. The number of benzene rings is 1. The van der Waals surface area contributed by atoms with Crippen molar-refractivity contribution in [1.29, 1.82) is 0 Å². The van der Waals surface area contributed by atoms with Crippen molar-refractivity contribution in [1.82, 2.24) is 15.6 Å². The topological polar surface area (TPSA) is 49.3 Å². The molecule has 2 aromatic rings. The molecule has 0 aliphatic heterocycles. The lowest BCUT2D eigenvalue weighted by molar-refractivity contribution is 0.573. The molecule has 0 unspecified atom stereocenters. The zero-order valence-electron chi connectivity index (χ0n) is 14.4. The minimum absolute atomic E-state index is 0.692. The Kier molecular flexibility index (Phi) is 6.59. The Bertz CT molecular complexity index is 632. The summed E-state index contributed by atoms with van der Waals surface area (Å²) in [6, 6.07) is 10.3. The molecule has 4 nitrogen and oxygen atoms in total. The highest BCUT2D eigenvalue weighted by atomic mass is 32.1. The van der Waals surface area contributed by atoms with Crippen molar-refractivity contribution in [3.63, 3.8) is 0 Å². The van der Waals surface area contributed by atoms with Gasteiger partial charge in [0.1, 0.15) is 5.01 Å². The van der Waals surface area contributed by atoms with Crippen LogP contribution < -0.4 is 10.6 Å². The van der Waals surface area contributed by atoms with Crippen molar-refractivity contribution in [3.05, 3.63) is 40.9 Å². The Balaban J connectivity index is 1.94. The Morgan fingerprint density at radius 2 is 1.96 bits per heavy atom. The van der Waals surface area contributed by atoms with E-state index in [1.807, 2.05) is 18.2 Å². The van der Waals surface area contributed by atoms with Crippen LogP contribution in [0.5, 0.6) is 0 Å². The number of hydrogen-bond donors (Lipinski definition) is 2. The average molecular weight is 331 g/mol. The summed E-state index contributed by atoms with van der Waals surface area (Å²) >= 11 is 1.74. The monoisotopic (exact) mass is 330 g/mol. The predicted octanol–water partition coefficient (Wildman–Crippen LogP) is 3.83. The van der Waals surface area contributed by atoms with Gasteiger partial charge in [-0.25, -0.2) is 4.98 Å². The lowest BCUT2D eigenvalue weighted by atomic mass is 10.1. The Hall–Kier alpha value is -1.88. The van der Waals surface area contributed by atoms with E-state index in [4.69, 9.17) is 0 Å². The number of aryl methyl sites for hydroxylation is 1. The lowest BCUT2D eigenvalue weighted by Crippen LogP contribution is -2.37. The van der Waals surface area contributed by atoms with E-state index in [2.05, 4.69) is 53.5 Å². The number of nitrogens with zero attached hydrogens (tertiary/aromatic N) is 2. The van der Waals surface area contributed by atoms with E-state index in [0.29, 0.717) is 5.92 Å². The first-order valence-electron chi connectivity index (χ1n) is 8.06. The van der Waals surface area contributed by atoms with Gasteiger partial charge in [0.2, 0.25) is 0 Å². The van der Waals surface area contributed by atoms with E-state index in [9.17, 15) is 0 Å². The second-order valence-electron chi connectivity index (χ2n) is 5.93. The van der Waals surface area contributed by atoms with E-state index in [1.165, 1.54) is 10.4 Å². The van der Waals surface area contributed by atoms with Crippen molar-refractivity contribution >= 4 is 17.3 Å². The highest BCUT2D eigenvalue weighted by Gasteiger charge is 2.09. The van der Waals surface area contributed by atoms with Gasteiger partial charge in [-0.05, 0) is 19.3 Å². The van der Waals surface area contributed by atoms with Crippen LogP contribution in [0.3, 0.4) is 0 Å². The van der Waals surface area contributed by atoms with Crippen LogP contribution in [0.1, 0.15) is 30.8 Å². The molecular weight excluding hydrogens is 304 g/mol. The first-order valence-corrected chi connectivity index (χ1v) is 8.88. The summed E-state index contributed by atoms with van der Waals surface area (Å²) in [5.74, 6) is 1.54. The highest BCUT2D eigenvalue weighted by molar-refractivity contribution is 7.15. The molecule has 1 aromatic heterocycles. The first kappa shape index (κ1) is 17.5. The molecule has 0 aliphatic carbocycles. The molecule has 2 N–H and O–H groups in total. The molecule has 0 bridgehead atoms. The maximum absolute atomic E-state index is 4.69. The molecule has 1 aromatic carbocycles. The van der Waals surface area contributed by atoms with Crippen LogP contribution in [0.15, 0.2) is 35.3 Å². The smallest absolute Gasteiger partial charge is 0.191 e. The number of hydrogen-bond acceptors (Lipinski definition) is 3. The molecule has 0 saturated heterocycles. The minimum atomic E-state index is 0.692. The van der Waals surface area contributed by atoms with Gasteiger partial charge in [-0.15, -0.1) is 11.3 Å². The van der Waals surface area contributed by atoms with E-state index in [1.54, 1.807) is 18.4 Å². The van der Waals surface area contributed by atoms with Crippen LogP contribution in [0.4, 0.5) is 0 Å². The van der Waals surface area contributed by atoms with Crippen LogP contribution in [-0.2, 0) is 6.54 Å². The van der Waals surface area contributed by atoms with E-state index >= 15 is 0 Å². The van der Waals surface area contributed by atoms with Crippen LogP contribution in [0.2, 0.25) is 0 Å². The molecule has 0 atom stereocenters. The summed E-state index contributed by atoms with van der Waals surface area (Å²) in [6.45, 7) is 8.20. The summed E-state index contributed by atoms with van der Waals surface area (Å²) in [6.07, 6.45) is 1.14. The molecule has 2 rings (SSSR count). The van der Waals surface area contributed by atoms with E-state index in [-0.39, 0.29) is 0 Å². The second-order valence-corrected chi connectivity index (χ2v) is 7.01. The number of thiazole rings is 1. The van der Waals surface area contributed by atoms with Crippen molar-refractivity contribution in [3.8, 4) is 10.6 Å². The fraction of sp³-hybridized carbons (Fsp3) is 0.444. The fourth-order valence-corrected chi connectivity index (χ4v) is 3.17. The second kappa shape index (κ2) is 8.67. The molecule has 124 valence electrons. The first-order chi connectivity index (χ1) is 11.1. The third-order valence-corrected chi connectivity index (χ3v) is 4.77. The molecule has 1 heterocycles. The van der Waals surface area contributed by atoms with E-state index < -0.39 is 0 Å². The Labute approximate surface area is 143 Å². The molecule has 0 amide bonds. The van der Waals surface area contributed by atoms with Gasteiger partial charge in [0.15, 0.2) is 5.96 Å². The summed E-state index contributed by atoms with van der Waals surface area (Å²) in [5.41, 5.74) is 2.25. The van der Waals surface area contributed by atoms with Gasteiger partial charge in [0, 0.05) is 24.0 Å². The van der Waals surface area contributed by atoms with Gasteiger partial charge >= 0.3 is 0 Å². The van der Waals surface area contributed by atoms with Crippen molar-refractivity contribution in [2.75, 3.05) is 13.6 Å². The Morgan fingerprint density at radius 3 is 2.61 bits per heavy atom. The summed E-state index contributed by atoms with van der Waals surface area (Å²) in [7, 11) is 1.81. The van der Waals surface area contributed by atoms with Gasteiger partial charge in [-0.1, -0.05) is 44.2 Å². The quantitative estimate of drug-likeness (QED) is 0.625. The highest BCUT2D eigenvalue weighted by Crippen LogP contribution is 2.27. The predicted molar refractivity (Wildman–Crippen MR) is 99.9 cm³/mol. The number of aliphatic imine (C=N–C) groups is 1. The maximum atomic E-state index is 4.69. The molecule has 0 radical (unpaired) electrons. The number of rotatable bonds is 6. The van der Waals surface area contributed by atoms with Crippen LogP contribution in [0, 0.1) is 12.8 Å². The van der Waals surface area contributed by atoms with E-state index in [0.717, 1.165) is 36.2 Å². The van der Waals surface area contributed by atoms with Gasteiger partial charge in [0.25, 0.3) is 0 Å². The minimum Gasteiger partial charge on any atom is -0.356 e. The van der Waals surface area contributed by atoms with Gasteiger partial charge in [-0.3, -0.25) is 4.99 Å². The van der Waals surface area contributed by atoms with Gasteiger partial charge < -0.3 is 10.6 Å². The standard InChI is InChI=1S/C18H26N4S/c1-13(2)10-11-20-18(19-4)21-12-16-14(3)22-17(23-16)15-8-6-5-7-9-15/h5-9,13H,10-12H2,1-4H3,(H2,19,20,21). The average Bonchev–Trinajstić information content (AvgIpc) is 2.92. The van der Waals surface area contributed by atoms with Crippen molar-refractivity contribution in [2.24, 2.45) is 10.9 Å². The van der Waals surface area contributed by atoms with Crippen LogP contribution in [0.25, 0.3) is 10.6 Å². The summed E-state index contributed by atoms with van der Waals surface area (Å²) in [5, 5.41) is 7.80. The summed E-state index contributed by atoms with van der Waals surface area (Å²) in [4.78, 5) is 10.2. The molecule has 23 heavy (non-hydrogen) atoms. The molecule has 0 spiro atoms. The van der Waals surface area contributed by atoms with Crippen molar-refractivity contribution < 1.29 is 0 Å². The zero-order chi connectivity index (χ0) is 16.7.